The molecule has 0 unspecified atom stereocenters. The zero-order valence-electron chi connectivity index (χ0n) is 15.8. The zero-order valence-corrected chi connectivity index (χ0v) is 16.6. The number of amides is 1. The van der Waals surface area contributed by atoms with E-state index in [-0.39, 0.29) is 24.2 Å². The summed E-state index contributed by atoms with van der Waals surface area (Å²) >= 11 is 5.82. The second-order valence-corrected chi connectivity index (χ2v) is 6.87. The van der Waals surface area contributed by atoms with Gasteiger partial charge in [-0.25, -0.2) is 4.98 Å². The molecule has 5 nitrogen and oxygen atoms in total. The fourth-order valence-corrected chi connectivity index (χ4v) is 2.67. The molecule has 0 saturated heterocycles. The highest BCUT2D eigenvalue weighted by Crippen LogP contribution is 2.30. The number of aromatic nitrogens is 2. The van der Waals surface area contributed by atoms with Crippen LogP contribution in [0.4, 0.5) is 13.2 Å². The number of rotatable bonds is 6. The van der Waals surface area contributed by atoms with Gasteiger partial charge in [-0.1, -0.05) is 35.9 Å². The minimum Gasteiger partial charge on any atom is -0.467 e. The van der Waals surface area contributed by atoms with E-state index in [9.17, 15) is 18.0 Å². The highest BCUT2D eigenvalue weighted by molar-refractivity contribution is 6.30. The van der Waals surface area contributed by atoms with Crippen molar-refractivity contribution in [2.75, 3.05) is 6.61 Å². The average Bonchev–Trinajstić information content (AvgIpc) is 2.71. The number of halogens is 4. The third-order valence-corrected chi connectivity index (χ3v) is 4.31. The summed E-state index contributed by atoms with van der Waals surface area (Å²) in [6.07, 6.45) is -4.42. The minimum absolute atomic E-state index is 0.152. The molecule has 0 saturated carbocycles. The lowest BCUT2D eigenvalue weighted by atomic mass is 10.1. The van der Waals surface area contributed by atoms with E-state index in [1.165, 1.54) is 12.1 Å². The molecule has 0 aliphatic carbocycles. The highest BCUT2D eigenvalue weighted by Gasteiger charge is 2.30. The van der Waals surface area contributed by atoms with Gasteiger partial charge in [-0.3, -0.25) is 4.79 Å². The van der Waals surface area contributed by atoms with Gasteiger partial charge in [0.25, 0.3) is 5.91 Å². The standard InChI is InChI=1S/C21H17ClF3N3O2/c1-13-10-19(30-12-18(29)26-11-14-2-8-17(22)9-3-14)28-20(27-13)15-4-6-16(7-5-15)21(23,24)25/h2-10H,11-12H2,1H3,(H,26,29). The van der Waals surface area contributed by atoms with Crippen molar-refractivity contribution in [3.63, 3.8) is 0 Å². The third-order valence-electron chi connectivity index (χ3n) is 4.06. The van der Waals surface area contributed by atoms with Crippen LogP contribution in [0.25, 0.3) is 11.4 Å². The summed E-state index contributed by atoms with van der Waals surface area (Å²) in [4.78, 5) is 20.4. The van der Waals surface area contributed by atoms with Crippen LogP contribution in [-0.2, 0) is 17.5 Å². The predicted octanol–water partition coefficient (Wildman–Crippen LogP) is 4.82. The number of carbonyl (C=O) groups excluding carboxylic acids is 1. The van der Waals surface area contributed by atoms with Crippen molar-refractivity contribution in [2.24, 2.45) is 0 Å². The molecular formula is C21H17ClF3N3O2. The molecule has 9 heteroatoms. The number of aryl methyl sites for hydroxylation is 1. The first-order valence-electron chi connectivity index (χ1n) is 8.88. The van der Waals surface area contributed by atoms with Gasteiger partial charge in [-0.15, -0.1) is 0 Å². The molecular weight excluding hydrogens is 419 g/mol. The van der Waals surface area contributed by atoms with Crippen LogP contribution in [0.3, 0.4) is 0 Å². The Kier molecular flexibility index (Phi) is 6.56. The molecule has 0 radical (unpaired) electrons. The summed E-state index contributed by atoms with van der Waals surface area (Å²) in [6, 6.07) is 13.1. The molecule has 0 spiro atoms. The van der Waals surface area contributed by atoms with Crippen molar-refractivity contribution in [3.05, 3.63) is 76.4 Å². The van der Waals surface area contributed by atoms with Gasteiger partial charge in [0.05, 0.1) is 5.56 Å². The summed E-state index contributed by atoms with van der Waals surface area (Å²) in [5.74, 6) is 0.0108. The Labute approximate surface area is 175 Å². The van der Waals surface area contributed by atoms with Gasteiger partial charge in [0.1, 0.15) is 0 Å². The summed E-state index contributed by atoms with van der Waals surface area (Å²) in [5.41, 5.74) is 1.09. The number of nitrogens with zero attached hydrogens (tertiary/aromatic N) is 2. The van der Waals surface area contributed by atoms with Crippen molar-refractivity contribution in [3.8, 4) is 17.3 Å². The Morgan fingerprint density at radius 3 is 2.37 bits per heavy atom. The van der Waals surface area contributed by atoms with Crippen molar-refractivity contribution >= 4 is 17.5 Å². The van der Waals surface area contributed by atoms with E-state index in [1.54, 1.807) is 37.3 Å². The van der Waals surface area contributed by atoms with Gasteiger partial charge < -0.3 is 10.1 Å². The van der Waals surface area contributed by atoms with E-state index in [2.05, 4.69) is 15.3 Å². The van der Waals surface area contributed by atoms with Gasteiger partial charge in [0.15, 0.2) is 12.4 Å². The second kappa shape index (κ2) is 9.13. The Hall–Kier alpha value is -3.13. The van der Waals surface area contributed by atoms with Crippen molar-refractivity contribution in [1.82, 2.24) is 15.3 Å². The molecule has 30 heavy (non-hydrogen) atoms. The van der Waals surface area contributed by atoms with E-state index in [0.29, 0.717) is 22.8 Å². The molecule has 156 valence electrons. The van der Waals surface area contributed by atoms with E-state index in [4.69, 9.17) is 16.3 Å². The topological polar surface area (TPSA) is 64.1 Å². The second-order valence-electron chi connectivity index (χ2n) is 6.44. The molecule has 3 aromatic rings. The zero-order chi connectivity index (χ0) is 21.7. The Balaban J connectivity index is 1.62. The van der Waals surface area contributed by atoms with Crippen LogP contribution in [0.5, 0.6) is 5.88 Å². The third kappa shape index (κ3) is 5.93. The van der Waals surface area contributed by atoms with Crippen LogP contribution >= 0.6 is 11.6 Å². The number of ether oxygens (including phenoxy) is 1. The van der Waals surface area contributed by atoms with Crippen molar-refractivity contribution < 1.29 is 22.7 Å². The van der Waals surface area contributed by atoms with Crippen LogP contribution in [0, 0.1) is 6.92 Å². The molecule has 3 rings (SSSR count). The molecule has 1 N–H and O–H groups in total. The molecule has 1 heterocycles. The van der Waals surface area contributed by atoms with Crippen LogP contribution in [0.1, 0.15) is 16.8 Å². The summed E-state index contributed by atoms with van der Waals surface area (Å²) < 4.78 is 43.6. The van der Waals surface area contributed by atoms with Gasteiger partial charge in [-0.2, -0.15) is 18.2 Å². The first-order chi connectivity index (χ1) is 14.2. The lowest BCUT2D eigenvalue weighted by molar-refractivity contribution is -0.137. The Bertz CT molecular complexity index is 1020. The van der Waals surface area contributed by atoms with Crippen molar-refractivity contribution in [2.45, 2.75) is 19.6 Å². The lowest BCUT2D eigenvalue weighted by Gasteiger charge is -2.10. The van der Waals surface area contributed by atoms with Gasteiger partial charge in [-0.05, 0) is 36.8 Å². The maximum atomic E-state index is 12.7. The van der Waals surface area contributed by atoms with E-state index >= 15 is 0 Å². The summed E-state index contributed by atoms with van der Waals surface area (Å²) in [5, 5.41) is 3.32. The smallest absolute Gasteiger partial charge is 0.416 e. The van der Waals surface area contributed by atoms with E-state index < -0.39 is 11.7 Å². The lowest BCUT2D eigenvalue weighted by Crippen LogP contribution is -2.28. The number of benzene rings is 2. The van der Waals surface area contributed by atoms with Gasteiger partial charge >= 0.3 is 6.18 Å². The molecule has 2 aromatic carbocycles. The quantitative estimate of drug-likeness (QED) is 0.603. The number of nitrogens with one attached hydrogen (secondary N) is 1. The van der Waals surface area contributed by atoms with Gasteiger partial charge in [0.2, 0.25) is 5.88 Å². The number of carbonyl (C=O) groups is 1. The fourth-order valence-electron chi connectivity index (χ4n) is 2.54. The summed E-state index contributed by atoms with van der Waals surface area (Å²) in [6.45, 7) is 1.75. The first kappa shape index (κ1) is 21.6. The van der Waals surface area contributed by atoms with Crippen LogP contribution in [-0.4, -0.2) is 22.5 Å². The Morgan fingerprint density at radius 1 is 1.07 bits per heavy atom. The average molecular weight is 436 g/mol. The van der Waals surface area contributed by atoms with Crippen LogP contribution in [0.2, 0.25) is 5.02 Å². The number of hydrogen-bond acceptors (Lipinski definition) is 4. The molecule has 0 bridgehead atoms. The fraction of sp³-hybridized carbons (Fsp3) is 0.190. The molecule has 0 atom stereocenters. The minimum atomic E-state index is -4.42. The molecule has 1 aromatic heterocycles. The molecule has 0 aliphatic heterocycles. The maximum Gasteiger partial charge on any atom is 0.416 e. The van der Waals surface area contributed by atoms with Gasteiger partial charge in [0, 0.05) is 28.9 Å². The predicted molar refractivity (Wildman–Crippen MR) is 106 cm³/mol. The molecule has 1 amide bonds. The van der Waals surface area contributed by atoms with Crippen LogP contribution < -0.4 is 10.1 Å². The van der Waals surface area contributed by atoms with E-state index in [1.807, 2.05) is 0 Å². The van der Waals surface area contributed by atoms with Crippen molar-refractivity contribution in [1.29, 1.82) is 0 Å². The molecule has 0 fully saturated rings. The monoisotopic (exact) mass is 435 g/mol. The summed E-state index contributed by atoms with van der Waals surface area (Å²) in [7, 11) is 0. The van der Waals surface area contributed by atoms with E-state index in [0.717, 1.165) is 17.7 Å². The largest absolute Gasteiger partial charge is 0.467 e. The number of hydrogen-bond donors (Lipinski definition) is 1. The first-order valence-corrected chi connectivity index (χ1v) is 9.26. The van der Waals surface area contributed by atoms with Crippen LogP contribution in [0.15, 0.2) is 54.6 Å². The SMILES string of the molecule is Cc1cc(OCC(=O)NCc2ccc(Cl)cc2)nc(-c2ccc(C(F)(F)F)cc2)n1. The maximum absolute atomic E-state index is 12.7. The number of alkyl halides is 3. The highest BCUT2D eigenvalue weighted by atomic mass is 35.5. The molecule has 0 aliphatic rings. The Morgan fingerprint density at radius 2 is 1.73 bits per heavy atom. The normalized spacial score (nSPS) is 11.2.